The minimum Gasteiger partial charge on any atom is -0.365 e. The Balaban J connectivity index is 1.69. The number of rotatable bonds is 7. The molecule has 0 aliphatic heterocycles. The third-order valence-electron chi connectivity index (χ3n) is 2.26. The standard InChI is InChI=1S/C10H13N5O2S/c16-15(17)8-1-2-13-10(8)14-5-6-18-7-9-11-3-4-12-9/h1-4,13-14H,5-7H2,(H,11,12). The van der Waals surface area contributed by atoms with E-state index in [2.05, 4.69) is 20.3 Å². The van der Waals surface area contributed by atoms with Gasteiger partial charge in [-0.25, -0.2) is 4.98 Å². The fraction of sp³-hybridized carbons (Fsp3) is 0.300. The van der Waals surface area contributed by atoms with Gasteiger partial charge in [0, 0.05) is 37.0 Å². The van der Waals surface area contributed by atoms with E-state index in [1.807, 2.05) is 0 Å². The molecule has 0 aliphatic carbocycles. The summed E-state index contributed by atoms with van der Waals surface area (Å²) in [6.45, 7) is 0.659. The highest BCUT2D eigenvalue weighted by atomic mass is 32.2. The van der Waals surface area contributed by atoms with E-state index < -0.39 is 4.92 Å². The van der Waals surface area contributed by atoms with Gasteiger partial charge in [-0.15, -0.1) is 0 Å². The van der Waals surface area contributed by atoms with Crippen LogP contribution in [0.25, 0.3) is 0 Å². The third-order valence-corrected chi connectivity index (χ3v) is 3.23. The molecule has 7 nitrogen and oxygen atoms in total. The molecule has 3 N–H and O–H groups in total. The Morgan fingerprint density at radius 2 is 2.33 bits per heavy atom. The van der Waals surface area contributed by atoms with Gasteiger partial charge in [-0.2, -0.15) is 11.8 Å². The van der Waals surface area contributed by atoms with Gasteiger partial charge in [0.2, 0.25) is 0 Å². The maximum Gasteiger partial charge on any atom is 0.310 e. The van der Waals surface area contributed by atoms with Crippen LogP contribution in [-0.2, 0) is 5.75 Å². The number of nitro groups is 1. The van der Waals surface area contributed by atoms with E-state index in [1.165, 1.54) is 6.07 Å². The number of nitrogens with zero attached hydrogens (tertiary/aromatic N) is 2. The molecule has 18 heavy (non-hydrogen) atoms. The highest BCUT2D eigenvalue weighted by Crippen LogP contribution is 2.21. The largest absolute Gasteiger partial charge is 0.365 e. The maximum absolute atomic E-state index is 10.7. The molecule has 0 radical (unpaired) electrons. The van der Waals surface area contributed by atoms with Gasteiger partial charge < -0.3 is 15.3 Å². The first-order valence-electron chi connectivity index (χ1n) is 5.39. The van der Waals surface area contributed by atoms with Crippen LogP contribution in [0.2, 0.25) is 0 Å². The van der Waals surface area contributed by atoms with Crippen molar-refractivity contribution < 1.29 is 4.92 Å². The van der Waals surface area contributed by atoms with E-state index in [-0.39, 0.29) is 5.69 Å². The zero-order chi connectivity index (χ0) is 12.8. The average Bonchev–Trinajstić information content (AvgIpc) is 2.98. The Bertz CT molecular complexity index is 496. The number of aromatic nitrogens is 3. The maximum atomic E-state index is 10.7. The average molecular weight is 267 g/mol. The van der Waals surface area contributed by atoms with Gasteiger partial charge in [0.05, 0.1) is 10.7 Å². The smallest absolute Gasteiger partial charge is 0.310 e. The Morgan fingerprint density at radius 3 is 3.06 bits per heavy atom. The van der Waals surface area contributed by atoms with Crippen LogP contribution < -0.4 is 5.32 Å². The number of nitrogens with one attached hydrogen (secondary N) is 3. The Morgan fingerprint density at radius 1 is 1.44 bits per heavy atom. The van der Waals surface area contributed by atoms with E-state index in [0.29, 0.717) is 12.4 Å². The van der Waals surface area contributed by atoms with Crippen molar-refractivity contribution in [3.05, 3.63) is 40.6 Å². The van der Waals surface area contributed by atoms with Gasteiger partial charge in [0.1, 0.15) is 5.82 Å². The number of H-pyrrole nitrogens is 2. The summed E-state index contributed by atoms with van der Waals surface area (Å²) in [6.07, 6.45) is 5.06. The van der Waals surface area contributed by atoms with Gasteiger partial charge >= 0.3 is 5.69 Å². The highest BCUT2D eigenvalue weighted by Gasteiger charge is 2.13. The Hall–Kier alpha value is -1.96. The first-order chi connectivity index (χ1) is 8.77. The Labute approximate surface area is 108 Å². The van der Waals surface area contributed by atoms with Gasteiger partial charge in [-0.3, -0.25) is 10.1 Å². The Kier molecular flexibility index (Phi) is 4.24. The number of anilines is 1. The molecule has 2 heterocycles. The molecule has 0 saturated heterocycles. The minimum absolute atomic E-state index is 0.0750. The molecule has 2 aromatic heterocycles. The van der Waals surface area contributed by atoms with Crippen molar-refractivity contribution in [3.63, 3.8) is 0 Å². The minimum atomic E-state index is -0.408. The molecule has 0 atom stereocenters. The van der Waals surface area contributed by atoms with Crippen molar-refractivity contribution in [2.24, 2.45) is 0 Å². The second-order valence-corrected chi connectivity index (χ2v) is 4.62. The topological polar surface area (TPSA) is 99.6 Å². The molecule has 0 spiro atoms. The lowest BCUT2D eigenvalue weighted by Gasteiger charge is -2.03. The lowest BCUT2D eigenvalue weighted by Crippen LogP contribution is -2.06. The molecule has 0 fully saturated rings. The number of hydrogen-bond acceptors (Lipinski definition) is 5. The molecular formula is C10H13N5O2S. The summed E-state index contributed by atoms with van der Waals surface area (Å²) in [5.41, 5.74) is 0.0750. The molecule has 0 amide bonds. The summed E-state index contributed by atoms with van der Waals surface area (Å²) in [5.74, 6) is 3.04. The molecule has 0 aliphatic rings. The lowest BCUT2D eigenvalue weighted by atomic mass is 10.5. The first-order valence-corrected chi connectivity index (χ1v) is 6.54. The first kappa shape index (κ1) is 12.5. The molecular weight excluding hydrogens is 254 g/mol. The third kappa shape index (κ3) is 3.27. The van der Waals surface area contributed by atoms with Crippen LogP contribution in [0.4, 0.5) is 11.5 Å². The molecule has 2 aromatic rings. The van der Waals surface area contributed by atoms with E-state index in [4.69, 9.17) is 0 Å². The van der Waals surface area contributed by atoms with Crippen molar-refractivity contribution in [2.75, 3.05) is 17.6 Å². The van der Waals surface area contributed by atoms with E-state index >= 15 is 0 Å². The summed E-state index contributed by atoms with van der Waals surface area (Å²) in [4.78, 5) is 20.2. The zero-order valence-corrected chi connectivity index (χ0v) is 10.4. The lowest BCUT2D eigenvalue weighted by molar-refractivity contribution is -0.383. The fourth-order valence-electron chi connectivity index (χ4n) is 1.45. The summed E-state index contributed by atoms with van der Waals surface area (Å²) < 4.78 is 0. The zero-order valence-electron chi connectivity index (χ0n) is 9.55. The molecule has 0 bridgehead atoms. The second-order valence-electron chi connectivity index (χ2n) is 3.51. The number of thioether (sulfide) groups is 1. The number of aromatic amines is 2. The van der Waals surface area contributed by atoms with E-state index in [9.17, 15) is 10.1 Å². The SMILES string of the molecule is O=[N+]([O-])c1cc[nH]c1NCCSCc1ncc[nH]1. The molecule has 0 saturated carbocycles. The molecule has 96 valence electrons. The van der Waals surface area contributed by atoms with Crippen LogP contribution in [0.5, 0.6) is 0 Å². The van der Waals surface area contributed by atoms with Crippen LogP contribution in [0.1, 0.15) is 5.82 Å². The van der Waals surface area contributed by atoms with Gasteiger partial charge in [-0.05, 0) is 0 Å². The molecule has 0 unspecified atom stereocenters. The monoisotopic (exact) mass is 267 g/mol. The molecule has 2 rings (SSSR count). The van der Waals surface area contributed by atoms with Crippen molar-refractivity contribution in [3.8, 4) is 0 Å². The number of imidazole rings is 1. The van der Waals surface area contributed by atoms with E-state index in [1.54, 1.807) is 30.4 Å². The van der Waals surface area contributed by atoms with Crippen LogP contribution in [0.15, 0.2) is 24.7 Å². The predicted molar refractivity (Wildman–Crippen MR) is 70.7 cm³/mol. The van der Waals surface area contributed by atoms with Crippen LogP contribution >= 0.6 is 11.8 Å². The second kappa shape index (κ2) is 6.10. The van der Waals surface area contributed by atoms with Crippen molar-refractivity contribution >= 4 is 23.3 Å². The van der Waals surface area contributed by atoms with Gasteiger partial charge in [0.25, 0.3) is 0 Å². The summed E-state index contributed by atoms with van der Waals surface area (Å²) in [6, 6.07) is 1.44. The predicted octanol–water partition coefficient (Wildman–Crippen LogP) is 1.99. The summed E-state index contributed by atoms with van der Waals surface area (Å²) >= 11 is 1.71. The quantitative estimate of drug-likeness (QED) is 0.404. The van der Waals surface area contributed by atoms with Gasteiger partial charge in [-0.1, -0.05) is 0 Å². The highest BCUT2D eigenvalue weighted by molar-refractivity contribution is 7.98. The van der Waals surface area contributed by atoms with Crippen molar-refractivity contribution in [1.82, 2.24) is 15.0 Å². The van der Waals surface area contributed by atoms with Crippen LogP contribution in [0, 0.1) is 10.1 Å². The van der Waals surface area contributed by atoms with Gasteiger partial charge in [0.15, 0.2) is 5.82 Å². The molecule has 0 aromatic carbocycles. The van der Waals surface area contributed by atoms with Crippen molar-refractivity contribution in [2.45, 2.75) is 5.75 Å². The normalized spacial score (nSPS) is 10.4. The fourth-order valence-corrected chi connectivity index (χ4v) is 2.19. The summed E-state index contributed by atoms with van der Waals surface area (Å²) in [7, 11) is 0. The van der Waals surface area contributed by atoms with Crippen LogP contribution in [-0.4, -0.2) is 32.2 Å². The van der Waals surface area contributed by atoms with Crippen molar-refractivity contribution in [1.29, 1.82) is 0 Å². The van der Waals surface area contributed by atoms with E-state index in [0.717, 1.165) is 17.3 Å². The molecule has 8 heteroatoms. The number of hydrogen-bond donors (Lipinski definition) is 3. The van der Waals surface area contributed by atoms with Crippen LogP contribution in [0.3, 0.4) is 0 Å². The summed E-state index contributed by atoms with van der Waals surface area (Å²) in [5, 5.41) is 13.7.